The Kier molecular flexibility index (Phi) is 6.89. The molecular weight excluding hydrogens is 330 g/mol. The van der Waals surface area contributed by atoms with Crippen LogP contribution in [0.2, 0.25) is 0 Å². The van der Waals surface area contributed by atoms with E-state index in [9.17, 15) is 9.59 Å². The van der Waals surface area contributed by atoms with Gasteiger partial charge in [-0.25, -0.2) is 4.79 Å². The van der Waals surface area contributed by atoms with Crippen LogP contribution in [0.5, 0.6) is 5.75 Å². The van der Waals surface area contributed by atoms with Gasteiger partial charge in [-0.2, -0.15) is 0 Å². The first-order valence-electron chi connectivity index (χ1n) is 9.42. The Morgan fingerprint density at radius 3 is 2.38 bits per heavy atom. The SMILES string of the molecule is CCOc1cc(C)c(C(=O)N2CCCN(C(=O)NC(C)C)CC2)cc1C. The summed E-state index contributed by atoms with van der Waals surface area (Å²) in [4.78, 5) is 28.9. The molecule has 144 valence electrons. The van der Waals surface area contributed by atoms with E-state index < -0.39 is 0 Å². The summed E-state index contributed by atoms with van der Waals surface area (Å²) in [6, 6.07) is 3.91. The summed E-state index contributed by atoms with van der Waals surface area (Å²) in [6.07, 6.45) is 0.784. The number of hydrogen-bond acceptors (Lipinski definition) is 3. The van der Waals surface area contributed by atoms with Crippen molar-refractivity contribution in [1.82, 2.24) is 15.1 Å². The van der Waals surface area contributed by atoms with Gasteiger partial charge in [-0.05, 0) is 64.3 Å². The minimum atomic E-state index is -0.0533. The second-order valence-electron chi connectivity index (χ2n) is 7.10. The molecule has 1 aromatic carbocycles. The minimum Gasteiger partial charge on any atom is -0.494 e. The second kappa shape index (κ2) is 8.92. The number of aryl methyl sites for hydroxylation is 2. The molecule has 0 bridgehead atoms. The van der Waals surface area contributed by atoms with Gasteiger partial charge in [0.05, 0.1) is 6.61 Å². The zero-order chi connectivity index (χ0) is 19.3. The van der Waals surface area contributed by atoms with Gasteiger partial charge in [0, 0.05) is 37.8 Å². The fraction of sp³-hybridized carbons (Fsp3) is 0.600. The molecule has 1 saturated heterocycles. The maximum Gasteiger partial charge on any atom is 0.317 e. The Morgan fingerprint density at radius 2 is 1.73 bits per heavy atom. The first kappa shape index (κ1) is 20.1. The van der Waals surface area contributed by atoms with Crippen LogP contribution in [0.4, 0.5) is 4.79 Å². The summed E-state index contributed by atoms with van der Waals surface area (Å²) in [7, 11) is 0. The standard InChI is InChI=1S/C20H31N3O3/c1-6-26-18-13-15(4)17(12-16(18)5)19(24)22-8-7-9-23(11-10-22)20(25)21-14(2)3/h12-14H,6-11H2,1-5H3,(H,21,25). The monoisotopic (exact) mass is 361 g/mol. The summed E-state index contributed by atoms with van der Waals surface area (Å²) < 4.78 is 5.61. The summed E-state index contributed by atoms with van der Waals surface area (Å²) in [6.45, 7) is 12.8. The van der Waals surface area contributed by atoms with Crippen LogP contribution in [0.1, 0.15) is 48.7 Å². The maximum absolute atomic E-state index is 13.0. The quantitative estimate of drug-likeness (QED) is 0.897. The highest BCUT2D eigenvalue weighted by Crippen LogP contribution is 2.24. The van der Waals surface area contributed by atoms with Gasteiger partial charge in [0.25, 0.3) is 5.91 Å². The lowest BCUT2D eigenvalue weighted by atomic mass is 10.0. The fourth-order valence-electron chi connectivity index (χ4n) is 3.16. The van der Waals surface area contributed by atoms with Gasteiger partial charge in [0.1, 0.15) is 5.75 Å². The molecule has 1 fully saturated rings. The van der Waals surface area contributed by atoms with Crippen LogP contribution < -0.4 is 10.1 Å². The summed E-state index contributed by atoms with van der Waals surface area (Å²) in [5, 5.41) is 2.92. The van der Waals surface area contributed by atoms with Crippen LogP contribution >= 0.6 is 0 Å². The van der Waals surface area contributed by atoms with E-state index in [4.69, 9.17) is 4.74 Å². The van der Waals surface area contributed by atoms with Crippen molar-refractivity contribution in [3.8, 4) is 5.75 Å². The normalized spacial score (nSPS) is 15.0. The lowest BCUT2D eigenvalue weighted by Gasteiger charge is -2.24. The Morgan fingerprint density at radius 1 is 1.08 bits per heavy atom. The summed E-state index contributed by atoms with van der Waals surface area (Å²) in [5.41, 5.74) is 2.60. The number of amides is 3. The molecule has 1 N–H and O–H groups in total. The number of rotatable bonds is 4. The predicted octanol–water partition coefficient (Wildman–Crippen LogP) is 2.97. The molecular formula is C20H31N3O3. The van der Waals surface area contributed by atoms with E-state index in [1.807, 2.05) is 51.7 Å². The number of hydrogen-bond donors (Lipinski definition) is 1. The van der Waals surface area contributed by atoms with Crippen LogP contribution in [-0.4, -0.2) is 60.6 Å². The van der Waals surface area contributed by atoms with E-state index >= 15 is 0 Å². The van der Waals surface area contributed by atoms with Crippen molar-refractivity contribution in [2.45, 2.75) is 47.1 Å². The average Bonchev–Trinajstić information content (AvgIpc) is 2.83. The number of ether oxygens (including phenoxy) is 1. The van der Waals surface area contributed by atoms with Crippen molar-refractivity contribution >= 4 is 11.9 Å². The average molecular weight is 361 g/mol. The molecule has 1 heterocycles. The number of carbonyl (C=O) groups excluding carboxylic acids is 2. The van der Waals surface area contributed by atoms with Crippen molar-refractivity contribution in [2.75, 3.05) is 32.8 Å². The van der Waals surface area contributed by atoms with E-state index in [1.54, 1.807) is 4.90 Å². The molecule has 0 unspecified atom stereocenters. The van der Waals surface area contributed by atoms with Gasteiger partial charge >= 0.3 is 6.03 Å². The van der Waals surface area contributed by atoms with E-state index in [2.05, 4.69) is 5.32 Å². The summed E-state index contributed by atoms with van der Waals surface area (Å²) in [5.74, 6) is 0.855. The molecule has 0 aromatic heterocycles. The number of benzene rings is 1. The van der Waals surface area contributed by atoms with E-state index in [-0.39, 0.29) is 18.0 Å². The van der Waals surface area contributed by atoms with Crippen molar-refractivity contribution in [3.05, 3.63) is 28.8 Å². The molecule has 1 aliphatic rings. The molecule has 0 spiro atoms. The third kappa shape index (κ3) is 4.90. The Hall–Kier alpha value is -2.24. The number of nitrogens with zero attached hydrogens (tertiary/aromatic N) is 2. The maximum atomic E-state index is 13.0. The Bertz CT molecular complexity index is 658. The van der Waals surface area contributed by atoms with Crippen molar-refractivity contribution < 1.29 is 14.3 Å². The van der Waals surface area contributed by atoms with Crippen molar-refractivity contribution in [1.29, 1.82) is 0 Å². The van der Waals surface area contributed by atoms with Gasteiger partial charge in [-0.15, -0.1) is 0 Å². The van der Waals surface area contributed by atoms with Crippen molar-refractivity contribution in [3.63, 3.8) is 0 Å². The lowest BCUT2D eigenvalue weighted by molar-refractivity contribution is 0.0761. The van der Waals surface area contributed by atoms with Crippen LogP contribution in [0.15, 0.2) is 12.1 Å². The van der Waals surface area contributed by atoms with E-state index in [0.29, 0.717) is 38.3 Å². The second-order valence-corrected chi connectivity index (χ2v) is 7.10. The smallest absolute Gasteiger partial charge is 0.317 e. The molecule has 2 rings (SSSR count). The Labute approximate surface area is 156 Å². The number of nitrogens with one attached hydrogen (secondary N) is 1. The van der Waals surface area contributed by atoms with Crippen LogP contribution in [0, 0.1) is 13.8 Å². The van der Waals surface area contributed by atoms with Gasteiger partial charge < -0.3 is 19.9 Å². The molecule has 1 aromatic rings. The van der Waals surface area contributed by atoms with Crippen LogP contribution in [0.3, 0.4) is 0 Å². The van der Waals surface area contributed by atoms with Gasteiger partial charge in [0.15, 0.2) is 0 Å². The zero-order valence-electron chi connectivity index (χ0n) is 16.6. The molecule has 0 radical (unpaired) electrons. The fourth-order valence-corrected chi connectivity index (χ4v) is 3.16. The number of urea groups is 1. The van der Waals surface area contributed by atoms with E-state index in [1.165, 1.54) is 0 Å². The zero-order valence-corrected chi connectivity index (χ0v) is 16.6. The Balaban J connectivity index is 2.08. The highest BCUT2D eigenvalue weighted by molar-refractivity contribution is 5.96. The molecule has 0 saturated carbocycles. The lowest BCUT2D eigenvalue weighted by Crippen LogP contribution is -2.44. The molecule has 0 atom stereocenters. The highest BCUT2D eigenvalue weighted by Gasteiger charge is 2.24. The molecule has 3 amide bonds. The van der Waals surface area contributed by atoms with E-state index in [0.717, 1.165) is 23.3 Å². The molecule has 26 heavy (non-hydrogen) atoms. The van der Waals surface area contributed by atoms with Crippen LogP contribution in [-0.2, 0) is 0 Å². The minimum absolute atomic E-state index is 0.0276. The third-order valence-corrected chi connectivity index (χ3v) is 4.53. The van der Waals surface area contributed by atoms with Crippen LogP contribution in [0.25, 0.3) is 0 Å². The van der Waals surface area contributed by atoms with Crippen molar-refractivity contribution in [2.24, 2.45) is 0 Å². The first-order valence-corrected chi connectivity index (χ1v) is 9.42. The van der Waals surface area contributed by atoms with Gasteiger partial charge in [-0.1, -0.05) is 0 Å². The molecule has 1 aliphatic heterocycles. The largest absolute Gasteiger partial charge is 0.494 e. The van der Waals surface area contributed by atoms with Gasteiger partial charge in [0.2, 0.25) is 0 Å². The number of carbonyl (C=O) groups is 2. The van der Waals surface area contributed by atoms with Gasteiger partial charge in [-0.3, -0.25) is 4.79 Å². The highest BCUT2D eigenvalue weighted by atomic mass is 16.5. The topological polar surface area (TPSA) is 61.9 Å². The predicted molar refractivity (Wildman–Crippen MR) is 103 cm³/mol. The summed E-state index contributed by atoms with van der Waals surface area (Å²) >= 11 is 0. The molecule has 0 aliphatic carbocycles. The first-order chi connectivity index (χ1) is 12.3. The molecule has 6 nitrogen and oxygen atoms in total. The third-order valence-electron chi connectivity index (χ3n) is 4.53. The molecule has 6 heteroatoms.